The van der Waals surface area contributed by atoms with E-state index in [-0.39, 0.29) is 30.2 Å². The molecule has 1 aromatic carbocycles. The van der Waals surface area contributed by atoms with E-state index in [2.05, 4.69) is 21.3 Å². The number of sulfonamides is 2. The van der Waals surface area contributed by atoms with Crippen LogP contribution in [0, 0.1) is 11.8 Å². The molecule has 7 nitrogen and oxygen atoms in total. The van der Waals surface area contributed by atoms with Crippen molar-refractivity contribution in [3.8, 4) is 11.8 Å². The lowest BCUT2D eigenvalue weighted by molar-refractivity contribution is 0.350. The SMILES string of the molecule is CS(=O)(=O)NCCNS(=O)(=O)c1ccccc1C#CCO. The van der Waals surface area contributed by atoms with Crippen molar-refractivity contribution in [2.75, 3.05) is 26.0 Å². The largest absolute Gasteiger partial charge is 0.384 e. The number of nitrogens with one attached hydrogen (secondary N) is 2. The van der Waals surface area contributed by atoms with Crippen LogP contribution < -0.4 is 9.44 Å². The summed E-state index contributed by atoms with van der Waals surface area (Å²) in [4.78, 5) is -0.0229. The molecule has 0 fully saturated rings. The Morgan fingerprint density at radius 3 is 2.33 bits per heavy atom. The van der Waals surface area contributed by atoms with Crippen molar-refractivity contribution >= 4 is 20.0 Å². The molecule has 9 heteroatoms. The first-order valence-corrected chi connectivity index (χ1v) is 9.27. The maximum Gasteiger partial charge on any atom is 0.241 e. The summed E-state index contributed by atoms with van der Waals surface area (Å²) in [7, 11) is -7.17. The van der Waals surface area contributed by atoms with E-state index in [1.807, 2.05) is 0 Å². The molecule has 0 aliphatic rings. The van der Waals surface area contributed by atoms with Crippen LogP contribution in [0.1, 0.15) is 5.56 Å². The summed E-state index contributed by atoms with van der Waals surface area (Å²) in [6, 6.07) is 6.08. The maximum atomic E-state index is 12.1. The normalized spacial score (nSPS) is 11.7. The maximum absolute atomic E-state index is 12.1. The fourth-order valence-corrected chi connectivity index (χ4v) is 3.10. The van der Waals surface area contributed by atoms with Gasteiger partial charge in [-0.1, -0.05) is 24.0 Å². The van der Waals surface area contributed by atoms with E-state index < -0.39 is 20.0 Å². The van der Waals surface area contributed by atoms with Crippen molar-refractivity contribution in [1.29, 1.82) is 0 Å². The van der Waals surface area contributed by atoms with Gasteiger partial charge in [0.1, 0.15) is 6.61 Å². The molecule has 0 aliphatic heterocycles. The van der Waals surface area contributed by atoms with Crippen molar-refractivity contribution in [3.05, 3.63) is 29.8 Å². The van der Waals surface area contributed by atoms with Gasteiger partial charge in [-0.3, -0.25) is 0 Å². The fourth-order valence-electron chi connectivity index (χ4n) is 1.44. The van der Waals surface area contributed by atoms with Crippen LogP contribution in [0.3, 0.4) is 0 Å². The van der Waals surface area contributed by atoms with Crippen LogP contribution in [0.5, 0.6) is 0 Å². The van der Waals surface area contributed by atoms with Gasteiger partial charge in [-0.25, -0.2) is 26.3 Å². The molecule has 0 spiro atoms. The van der Waals surface area contributed by atoms with E-state index in [1.54, 1.807) is 12.1 Å². The van der Waals surface area contributed by atoms with Gasteiger partial charge < -0.3 is 5.11 Å². The Bertz CT molecular complexity index is 745. The van der Waals surface area contributed by atoms with Gasteiger partial charge in [0.15, 0.2) is 0 Å². The van der Waals surface area contributed by atoms with Crippen LogP contribution in [-0.2, 0) is 20.0 Å². The van der Waals surface area contributed by atoms with Crippen LogP contribution in [-0.4, -0.2) is 47.9 Å². The van der Waals surface area contributed by atoms with Gasteiger partial charge in [0, 0.05) is 18.7 Å². The summed E-state index contributed by atoms with van der Waals surface area (Å²) >= 11 is 0. The Hall–Kier alpha value is -1.44. The number of aliphatic hydroxyl groups is 1. The first-order chi connectivity index (χ1) is 9.76. The van der Waals surface area contributed by atoms with E-state index in [0.29, 0.717) is 0 Å². The zero-order valence-corrected chi connectivity index (χ0v) is 13.0. The molecule has 0 unspecified atom stereocenters. The molecule has 0 aliphatic carbocycles. The minimum absolute atomic E-state index is 0.0229. The summed E-state index contributed by atoms with van der Waals surface area (Å²) in [5, 5.41) is 8.67. The van der Waals surface area contributed by atoms with Gasteiger partial charge in [0.2, 0.25) is 20.0 Å². The molecule has 0 bridgehead atoms. The van der Waals surface area contributed by atoms with Gasteiger partial charge in [-0.2, -0.15) is 0 Å². The number of hydrogen-bond donors (Lipinski definition) is 3. The first-order valence-electron chi connectivity index (χ1n) is 5.89. The topological polar surface area (TPSA) is 113 Å². The average Bonchev–Trinajstić information content (AvgIpc) is 2.41. The second-order valence-corrected chi connectivity index (χ2v) is 7.59. The van der Waals surface area contributed by atoms with Crippen LogP contribution in [0.2, 0.25) is 0 Å². The second kappa shape index (κ2) is 7.53. The molecule has 0 saturated carbocycles. The molecule has 116 valence electrons. The molecule has 0 radical (unpaired) electrons. The molecule has 0 atom stereocenters. The lowest BCUT2D eigenvalue weighted by Crippen LogP contribution is -2.34. The van der Waals surface area contributed by atoms with E-state index in [4.69, 9.17) is 5.11 Å². The molecule has 3 N–H and O–H groups in total. The van der Waals surface area contributed by atoms with Crippen molar-refractivity contribution < 1.29 is 21.9 Å². The van der Waals surface area contributed by atoms with Crippen LogP contribution in [0.15, 0.2) is 29.2 Å². The van der Waals surface area contributed by atoms with E-state index >= 15 is 0 Å². The second-order valence-electron chi connectivity index (χ2n) is 4.02. The minimum atomic E-state index is -3.81. The van der Waals surface area contributed by atoms with E-state index in [0.717, 1.165) is 6.26 Å². The van der Waals surface area contributed by atoms with Gasteiger partial charge in [-0.05, 0) is 12.1 Å². The zero-order chi connectivity index (χ0) is 15.9. The third-order valence-corrected chi connectivity index (χ3v) is 4.51. The summed E-state index contributed by atoms with van der Waals surface area (Å²) < 4.78 is 50.4. The van der Waals surface area contributed by atoms with Crippen LogP contribution in [0.4, 0.5) is 0 Å². The minimum Gasteiger partial charge on any atom is -0.384 e. The summed E-state index contributed by atoms with van der Waals surface area (Å²) in [6.07, 6.45) is 0.987. The molecule has 0 saturated heterocycles. The number of aliphatic hydroxyl groups excluding tert-OH is 1. The Labute approximate surface area is 124 Å². The number of benzene rings is 1. The highest BCUT2D eigenvalue weighted by Crippen LogP contribution is 2.13. The molecule has 0 aromatic heterocycles. The summed E-state index contributed by atoms with van der Waals surface area (Å²) in [5.74, 6) is 4.94. The Balaban J connectivity index is 2.84. The average molecular weight is 332 g/mol. The predicted octanol–water partition coefficient (Wildman–Crippen LogP) is -1.14. The summed E-state index contributed by atoms with van der Waals surface area (Å²) in [6.45, 7) is -0.514. The van der Waals surface area contributed by atoms with Crippen molar-refractivity contribution in [3.63, 3.8) is 0 Å². The summed E-state index contributed by atoms with van der Waals surface area (Å²) in [5.41, 5.74) is 0.259. The lowest BCUT2D eigenvalue weighted by atomic mass is 10.2. The molecule has 21 heavy (non-hydrogen) atoms. The zero-order valence-electron chi connectivity index (χ0n) is 11.3. The van der Waals surface area contributed by atoms with E-state index in [9.17, 15) is 16.8 Å². The highest BCUT2D eigenvalue weighted by Gasteiger charge is 2.16. The fraction of sp³-hybridized carbons (Fsp3) is 0.333. The molecular formula is C12H16N2O5S2. The Morgan fingerprint density at radius 2 is 1.71 bits per heavy atom. The molecule has 1 aromatic rings. The third kappa shape index (κ3) is 6.24. The predicted molar refractivity (Wildman–Crippen MR) is 78.4 cm³/mol. The highest BCUT2D eigenvalue weighted by molar-refractivity contribution is 7.89. The molecule has 0 amide bonds. The van der Waals surface area contributed by atoms with Gasteiger partial charge in [0.05, 0.1) is 11.2 Å². The molecule has 1 rings (SSSR count). The molecular weight excluding hydrogens is 316 g/mol. The third-order valence-electron chi connectivity index (χ3n) is 2.26. The van der Waals surface area contributed by atoms with E-state index in [1.165, 1.54) is 12.1 Å². The number of hydrogen-bond acceptors (Lipinski definition) is 5. The Kier molecular flexibility index (Phi) is 6.32. The van der Waals surface area contributed by atoms with Gasteiger partial charge in [-0.15, -0.1) is 0 Å². The van der Waals surface area contributed by atoms with Gasteiger partial charge in [0.25, 0.3) is 0 Å². The first kappa shape index (κ1) is 17.6. The van der Waals surface area contributed by atoms with Crippen molar-refractivity contribution in [2.45, 2.75) is 4.90 Å². The van der Waals surface area contributed by atoms with Gasteiger partial charge >= 0.3 is 0 Å². The number of rotatable bonds is 6. The van der Waals surface area contributed by atoms with Crippen molar-refractivity contribution in [1.82, 2.24) is 9.44 Å². The Morgan fingerprint density at radius 1 is 1.10 bits per heavy atom. The lowest BCUT2D eigenvalue weighted by Gasteiger charge is -2.08. The smallest absolute Gasteiger partial charge is 0.241 e. The monoisotopic (exact) mass is 332 g/mol. The standard InChI is InChI=1S/C12H16N2O5S2/c1-20(16,17)13-8-9-14-21(18,19)12-7-3-2-5-11(12)6-4-10-15/h2-3,5,7,13-15H,8-10H2,1H3. The van der Waals surface area contributed by atoms with Crippen LogP contribution >= 0.6 is 0 Å². The van der Waals surface area contributed by atoms with Crippen molar-refractivity contribution in [2.24, 2.45) is 0 Å². The quantitative estimate of drug-likeness (QED) is 0.450. The molecule has 0 heterocycles. The highest BCUT2D eigenvalue weighted by atomic mass is 32.2. The van der Waals surface area contributed by atoms with Crippen LogP contribution in [0.25, 0.3) is 0 Å².